The monoisotopic (exact) mass is 195 g/mol. The maximum atomic E-state index is 5.18. The molecule has 62 valence electrons. The average molecular weight is 195 g/mol. The minimum atomic E-state index is 0.0949. The first-order valence-corrected chi connectivity index (χ1v) is 4.44. The van der Waals surface area contributed by atoms with E-state index in [1.54, 1.807) is 10.6 Å². The molecule has 0 bridgehead atoms. The Morgan fingerprint density at radius 2 is 2.50 bits per heavy atom. The maximum Gasteiger partial charge on any atom is 0.0688 e. The summed E-state index contributed by atoms with van der Waals surface area (Å²) in [5.74, 6) is 0. The molecule has 0 saturated heterocycles. The van der Waals surface area contributed by atoms with Crippen LogP contribution in [0.4, 0.5) is 0 Å². The second kappa shape index (κ2) is 3.03. The van der Waals surface area contributed by atoms with Crippen LogP contribution >= 0.6 is 12.2 Å². The zero-order valence-electron chi connectivity index (χ0n) is 6.30. The van der Waals surface area contributed by atoms with Gasteiger partial charge in [0.25, 0.3) is 0 Å². The van der Waals surface area contributed by atoms with Crippen molar-refractivity contribution in [3.05, 3.63) is 23.9 Å². The van der Waals surface area contributed by atoms with Crippen molar-refractivity contribution in [3.8, 4) is 0 Å². The smallest absolute Gasteiger partial charge is 0.0688 e. The summed E-state index contributed by atoms with van der Waals surface area (Å²) < 4.78 is 1.64. The topological polar surface area (TPSA) is 15.6 Å². The van der Waals surface area contributed by atoms with Crippen LogP contribution in [-0.4, -0.2) is 21.6 Å². The highest BCUT2D eigenvalue weighted by Crippen LogP contribution is 2.22. The van der Waals surface area contributed by atoms with Gasteiger partial charge in [0.15, 0.2) is 0 Å². The summed E-state index contributed by atoms with van der Waals surface area (Å²) in [5, 5.41) is 0. The Balaban J connectivity index is 2.38. The van der Waals surface area contributed by atoms with Crippen molar-refractivity contribution in [2.24, 2.45) is 4.99 Å². The normalized spacial score (nSPS) is 27.1. The van der Waals surface area contributed by atoms with E-state index in [1.165, 1.54) is 5.57 Å². The Labute approximate surface area is 82.2 Å². The van der Waals surface area contributed by atoms with Crippen LogP contribution in [0, 0.1) is 0 Å². The van der Waals surface area contributed by atoms with Crippen LogP contribution in [0.3, 0.4) is 0 Å². The lowest BCUT2D eigenvalue weighted by atomic mass is 9.95. The molecular weight excluding hydrogens is 188 g/mol. The minimum Gasteiger partial charge on any atom is -0.665 e. The van der Waals surface area contributed by atoms with Gasteiger partial charge in [0.05, 0.1) is 12.4 Å². The lowest BCUT2D eigenvalue weighted by Crippen LogP contribution is -2.39. The molecule has 1 unspecified atom stereocenters. The van der Waals surface area contributed by atoms with Gasteiger partial charge in [-0.3, -0.25) is 0 Å². The fourth-order valence-corrected chi connectivity index (χ4v) is 2.10. The van der Waals surface area contributed by atoms with Crippen LogP contribution in [0.2, 0.25) is 0 Å². The highest BCUT2D eigenvalue weighted by atomic mass is 32.1. The molecule has 0 spiro atoms. The molecule has 1 aliphatic carbocycles. The highest BCUT2D eigenvalue weighted by molar-refractivity contribution is 7.81. The van der Waals surface area contributed by atoms with E-state index >= 15 is 0 Å². The molecule has 1 atom stereocenters. The second-order valence-electron chi connectivity index (χ2n) is 2.74. The maximum absolute atomic E-state index is 5.18. The summed E-state index contributed by atoms with van der Waals surface area (Å²) in [6.45, 7) is 0. The zero-order valence-corrected chi connectivity index (χ0v) is 7.94. The number of nitrogens with zero attached hydrogens (tertiary/aromatic N) is 2. The van der Waals surface area contributed by atoms with Crippen LogP contribution in [0.25, 0.3) is 0 Å². The first kappa shape index (κ1) is 8.01. The van der Waals surface area contributed by atoms with Crippen LogP contribution in [0.15, 0.2) is 28.9 Å². The van der Waals surface area contributed by atoms with Crippen LogP contribution < -0.4 is 0 Å². The fourth-order valence-electron chi connectivity index (χ4n) is 1.37. The van der Waals surface area contributed by atoms with Crippen molar-refractivity contribution < 1.29 is 0 Å². The Bertz CT molecular complexity index is 304. The molecule has 0 N–H and O–H groups in total. The number of hydrogen-bond acceptors (Lipinski definition) is 4. The minimum absolute atomic E-state index is 0.0949. The van der Waals surface area contributed by atoms with Gasteiger partial charge in [0.2, 0.25) is 0 Å². The third-order valence-electron chi connectivity index (χ3n) is 1.93. The molecule has 0 radical (unpaired) electrons. The quantitative estimate of drug-likeness (QED) is 0.429. The van der Waals surface area contributed by atoms with E-state index in [0.29, 0.717) is 0 Å². The van der Waals surface area contributed by atoms with E-state index in [2.05, 4.69) is 11.1 Å². The van der Waals surface area contributed by atoms with Crippen molar-refractivity contribution >= 4 is 36.2 Å². The van der Waals surface area contributed by atoms with Gasteiger partial charge in [-0.15, -0.1) is 0 Å². The molecular formula is C8H7N2S2-. The van der Waals surface area contributed by atoms with Gasteiger partial charge < -0.3 is 17.1 Å². The fraction of sp³-hybridized carbons (Fsp3) is 0.250. The first-order valence-electron chi connectivity index (χ1n) is 3.67. The Kier molecular flexibility index (Phi) is 2.02. The summed E-state index contributed by atoms with van der Waals surface area (Å²) in [6.07, 6.45) is 8.40. The van der Waals surface area contributed by atoms with Crippen molar-refractivity contribution in [2.75, 3.05) is 0 Å². The summed E-state index contributed by atoms with van der Waals surface area (Å²) in [4.78, 5) is 4.90. The van der Waals surface area contributed by atoms with Gasteiger partial charge in [-0.2, -0.15) is 0 Å². The number of rotatable bonds is 0. The molecule has 0 aromatic rings. The SMILES string of the molecule is S=C1C=CCC2=CN=CN([S-])C12. The predicted octanol–water partition coefficient (Wildman–Crippen LogP) is 1.37. The molecule has 2 nitrogen and oxygen atoms in total. The van der Waals surface area contributed by atoms with E-state index in [4.69, 9.17) is 25.0 Å². The molecule has 0 saturated carbocycles. The average Bonchev–Trinajstić information content (AvgIpc) is 2.04. The van der Waals surface area contributed by atoms with Gasteiger partial charge >= 0.3 is 0 Å². The van der Waals surface area contributed by atoms with E-state index in [0.717, 1.165) is 11.3 Å². The van der Waals surface area contributed by atoms with Gasteiger partial charge in [-0.05, 0) is 18.1 Å². The van der Waals surface area contributed by atoms with Crippen LogP contribution in [0.1, 0.15) is 6.42 Å². The summed E-state index contributed by atoms with van der Waals surface area (Å²) in [5.41, 5.74) is 1.19. The number of aliphatic imine (C=N–C) groups is 1. The molecule has 2 aliphatic rings. The van der Waals surface area contributed by atoms with Crippen molar-refractivity contribution in [2.45, 2.75) is 12.5 Å². The number of thiocarbonyl (C=S) groups is 1. The molecule has 2 rings (SSSR count). The van der Waals surface area contributed by atoms with Crippen LogP contribution in [-0.2, 0) is 12.8 Å². The molecule has 0 aromatic carbocycles. The van der Waals surface area contributed by atoms with Crippen molar-refractivity contribution in [1.82, 2.24) is 4.31 Å². The van der Waals surface area contributed by atoms with Gasteiger partial charge in [-0.25, -0.2) is 4.99 Å². The largest absolute Gasteiger partial charge is 0.665 e. The molecule has 0 aromatic heterocycles. The number of allylic oxidation sites excluding steroid dienone is 1. The molecule has 0 fully saturated rings. The van der Waals surface area contributed by atoms with E-state index in [-0.39, 0.29) is 6.04 Å². The molecule has 1 aliphatic heterocycles. The highest BCUT2D eigenvalue weighted by Gasteiger charge is 2.21. The van der Waals surface area contributed by atoms with Crippen molar-refractivity contribution in [1.29, 1.82) is 0 Å². The lowest BCUT2D eigenvalue weighted by molar-refractivity contribution is 0.649. The summed E-state index contributed by atoms with van der Waals surface area (Å²) >= 11 is 10.3. The lowest BCUT2D eigenvalue weighted by Gasteiger charge is -2.40. The standard InChI is InChI=1S/C8H7N2S2/c11-7-3-1-2-6-4-9-5-10(12)8(6)7/h1,3-5,8H,2H2/q-1. The Hall–Kier alpha value is -0.610. The van der Waals surface area contributed by atoms with E-state index < -0.39 is 0 Å². The summed E-state index contributed by atoms with van der Waals surface area (Å²) in [7, 11) is 0. The third kappa shape index (κ3) is 1.21. The summed E-state index contributed by atoms with van der Waals surface area (Å²) in [6, 6.07) is 0.0949. The zero-order chi connectivity index (χ0) is 8.55. The number of hydrogen-bond donors (Lipinski definition) is 0. The molecule has 1 heterocycles. The van der Waals surface area contributed by atoms with Gasteiger partial charge in [0, 0.05) is 11.1 Å². The second-order valence-corrected chi connectivity index (χ2v) is 3.63. The molecule has 4 heteroatoms. The Morgan fingerprint density at radius 1 is 1.67 bits per heavy atom. The first-order chi connectivity index (χ1) is 5.79. The number of fused-ring (bicyclic) bond motifs is 1. The molecule has 12 heavy (non-hydrogen) atoms. The van der Waals surface area contributed by atoms with Gasteiger partial charge in [-0.1, -0.05) is 18.3 Å². The van der Waals surface area contributed by atoms with E-state index in [1.807, 2.05) is 12.3 Å². The molecule has 0 amide bonds. The van der Waals surface area contributed by atoms with Crippen LogP contribution in [0.5, 0.6) is 0 Å². The third-order valence-corrected chi connectivity index (χ3v) is 2.60. The Morgan fingerprint density at radius 3 is 3.25 bits per heavy atom. The predicted molar refractivity (Wildman–Crippen MR) is 55.9 cm³/mol. The van der Waals surface area contributed by atoms with E-state index in [9.17, 15) is 0 Å². The van der Waals surface area contributed by atoms with Crippen molar-refractivity contribution in [3.63, 3.8) is 0 Å². The van der Waals surface area contributed by atoms with Gasteiger partial charge in [0.1, 0.15) is 0 Å².